The molecule has 1 N–H and O–H groups in total. The zero-order chi connectivity index (χ0) is 20.1. The van der Waals surface area contributed by atoms with Crippen molar-refractivity contribution in [2.75, 3.05) is 27.2 Å². The van der Waals surface area contributed by atoms with Crippen LogP contribution >= 0.6 is 0 Å². The first-order chi connectivity index (χ1) is 13.5. The fourth-order valence-corrected chi connectivity index (χ4v) is 3.83. The summed E-state index contributed by atoms with van der Waals surface area (Å²) in [5.74, 6) is 0.506. The van der Waals surface area contributed by atoms with Gasteiger partial charge in [-0.1, -0.05) is 43.3 Å². The van der Waals surface area contributed by atoms with Crippen molar-refractivity contribution in [3.63, 3.8) is 0 Å². The van der Waals surface area contributed by atoms with E-state index in [9.17, 15) is 10.1 Å². The van der Waals surface area contributed by atoms with E-state index in [4.69, 9.17) is 4.74 Å². The summed E-state index contributed by atoms with van der Waals surface area (Å²) in [5.41, 5.74) is 2.84. The predicted octanol–water partition coefficient (Wildman–Crippen LogP) is 3.87. The fraction of sp³-hybridized carbons (Fsp3) is 0.364. The molecule has 0 bridgehead atoms. The lowest BCUT2D eigenvalue weighted by molar-refractivity contribution is -0.385. The van der Waals surface area contributed by atoms with E-state index >= 15 is 0 Å². The average molecular weight is 381 g/mol. The number of likely N-dealkylation sites (N-methyl/N-ethyl adjacent to an activating group) is 1. The van der Waals surface area contributed by atoms with Gasteiger partial charge in [0.2, 0.25) is 0 Å². The van der Waals surface area contributed by atoms with E-state index in [1.165, 1.54) is 18.7 Å². The van der Waals surface area contributed by atoms with Gasteiger partial charge in [-0.05, 0) is 30.5 Å². The second-order valence-corrected chi connectivity index (χ2v) is 7.29. The van der Waals surface area contributed by atoms with E-state index in [0.29, 0.717) is 17.9 Å². The smallest absolute Gasteiger partial charge is 0.280 e. The SMILES string of the molecule is CCC1(Cc2ccccc2)CN(C)C(=Cc2c(OC)cccc2[N+](=O)[O-])CN1. The average Bonchev–Trinajstić information content (AvgIpc) is 2.70. The van der Waals surface area contributed by atoms with E-state index in [2.05, 4.69) is 41.4 Å². The predicted molar refractivity (Wildman–Crippen MR) is 111 cm³/mol. The number of nitrogens with zero attached hydrogens (tertiary/aromatic N) is 2. The van der Waals surface area contributed by atoms with Gasteiger partial charge in [0.1, 0.15) is 5.75 Å². The number of nitro groups is 1. The van der Waals surface area contributed by atoms with E-state index in [1.807, 2.05) is 19.2 Å². The molecule has 0 saturated carbocycles. The molecule has 2 aromatic rings. The number of ether oxygens (including phenoxy) is 1. The Morgan fingerprint density at radius 2 is 2.00 bits per heavy atom. The maximum atomic E-state index is 11.5. The van der Waals surface area contributed by atoms with E-state index < -0.39 is 0 Å². The maximum absolute atomic E-state index is 11.5. The first kappa shape index (κ1) is 19.9. The van der Waals surface area contributed by atoms with Crippen molar-refractivity contribution in [1.82, 2.24) is 10.2 Å². The van der Waals surface area contributed by atoms with Crippen molar-refractivity contribution >= 4 is 11.8 Å². The van der Waals surface area contributed by atoms with Crippen LogP contribution in [0.15, 0.2) is 54.2 Å². The molecular weight excluding hydrogens is 354 g/mol. The summed E-state index contributed by atoms with van der Waals surface area (Å²) < 4.78 is 5.37. The number of benzene rings is 2. The molecule has 0 spiro atoms. The Morgan fingerprint density at radius 3 is 2.61 bits per heavy atom. The number of methoxy groups -OCH3 is 1. The van der Waals surface area contributed by atoms with Gasteiger partial charge in [0.25, 0.3) is 5.69 Å². The van der Waals surface area contributed by atoms with Gasteiger partial charge in [0.05, 0.1) is 17.6 Å². The number of hydrogen-bond acceptors (Lipinski definition) is 5. The third kappa shape index (κ3) is 4.17. The van der Waals surface area contributed by atoms with Gasteiger partial charge >= 0.3 is 0 Å². The molecule has 2 aromatic carbocycles. The van der Waals surface area contributed by atoms with Gasteiger partial charge in [-0.15, -0.1) is 0 Å². The van der Waals surface area contributed by atoms with Crippen LogP contribution in [0.4, 0.5) is 5.69 Å². The Morgan fingerprint density at radius 1 is 1.25 bits per heavy atom. The summed E-state index contributed by atoms with van der Waals surface area (Å²) in [4.78, 5) is 13.3. The highest BCUT2D eigenvalue weighted by molar-refractivity contribution is 5.69. The fourth-order valence-electron chi connectivity index (χ4n) is 3.83. The zero-order valence-corrected chi connectivity index (χ0v) is 16.6. The molecule has 0 aromatic heterocycles. The molecule has 148 valence electrons. The molecule has 0 radical (unpaired) electrons. The molecule has 1 unspecified atom stereocenters. The van der Waals surface area contributed by atoms with Crippen LogP contribution in [0, 0.1) is 10.1 Å². The Kier molecular flexibility index (Phi) is 5.99. The summed E-state index contributed by atoms with van der Waals surface area (Å²) in [6, 6.07) is 15.4. The highest BCUT2D eigenvalue weighted by Crippen LogP contribution is 2.32. The molecule has 6 nitrogen and oxygen atoms in total. The summed E-state index contributed by atoms with van der Waals surface area (Å²) >= 11 is 0. The van der Waals surface area contributed by atoms with Crippen molar-refractivity contribution in [2.45, 2.75) is 25.3 Å². The molecule has 0 aliphatic carbocycles. The van der Waals surface area contributed by atoms with Crippen molar-refractivity contribution in [3.05, 3.63) is 75.5 Å². The third-order valence-corrected chi connectivity index (χ3v) is 5.51. The van der Waals surface area contributed by atoms with Gasteiger partial charge in [0.15, 0.2) is 0 Å². The second-order valence-electron chi connectivity index (χ2n) is 7.29. The van der Waals surface area contributed by atoms with Crippen LogP contribution in [-0.4, -0.2) is 42.6 Å². The number of rotatable bonds is 6. The first-order valence-corrected chi connectivity index (χ1v) is 9.50. The topological polar surface area (TPSA) is 67.6 Å². The molecule has 6 heteroatoms. The molecule has 1 saturated heterocycles. The highest BCUT2D eigenvalue weighted by atomic mass is 16.6. The molecule has 1 atom stereocenters. The zero-order valence-electron chi connectivity index (χ0n) is 16.6. The second kappa shape index (κ2) is 8.44. The van der Waals surface area contributed by atoms with E-state index in [1.54, 1.807) is 12.1 Å². The van der Waals surface area contributed by atoms with E-state index in [-0.39, 0.29) is 16.1 Å². The highest BCUT2D eigenvalue weighted by Gasteiger charge is 2.34. The van der Waals surface area contributed by atoms with Crippen LogP contribution in [0.1, 0.15) is 24.5 Å². The lowest BCUT2D eigenvalue weighted by atomic mass is 9.85. The Bertz CT molecular complexity index is 867. The largest absolute Gasteiger partial charge is 0.496 e. The lowest BCUT2D eigenvalue weighted by Gasteiger charge is -2.44. The van der Waals surface area contributed by atoms with Crippen LogP contribution < -0.4 is 10.1 Å². The van der Waals surface area contributed by atoms with Crippen molar-refractivity contribution < 1.29 is 9.66 Å². The Labute approximate surface area is 166 Å². The van der Waals surface area contributed by atoms with Crippen LogP contribution in [0.2, 0.25) is 0 Å². The van der Waals surface area contributed by atoms with Crippen molar-refractivity contribution in [3.8, 4) is 5.75 Å². The van der Waals surface area contributed by atoms with Gasteiger partial charge in [-0.3, -0.25) is 10.1 Å². The number of piperazine rings is 1. The Hall–Kier alpha value is -2.86. The molecule has 28 heavy (non-hydrogen) atoms. The molecule has 1 aliphatic heterocycles. The van der Waals surface area contributed by atoms with Crippen LogP contribution in [0.3, 0.4) is 0 Å². The standard InChI is InChI=1S/C22H27N3O3/c1-4-22(14-17-9-6-5-7-10-17)16-24(2)18(15-23-22)13-19-20(25(26)27)11-8-12-21(19)28-3/h5-13,23H,4,14-16H2,1-3H3. The number of nitro benzene ring substituents is 1. The Balaban J connectivity index is 1.87. The molecule has 1 aliphatic rings. The minimum Gasteiger partial charge on any atom is -0.496 e. The van der Waals surface area contributed by atoms with Gasteiger partial charge in [0, 0.05) is 37.4 Å². The molecule has 1 fully saturated rings. The lowest BCUT2D eigenvalue weighted by Crippen LogP contribution is -2.59. The van der Waals surface area contributed by atoms with Crippen LogP contribution in [0.5, 0.6) is 5.75 Å². The third-order valence-electron chi connectivity index (χ3n) is 5.51. The molecular formula is C22H27N3O3. The quantitative estimate of drug-likeness (QED) is 0.608. The number of hydrogen-bond donors (Lipinski definition) is 1. The van der Waals surface area contributed by atoms with Gasteiger partial charge in [-0.25, -0.2) is 0 Å². The summed E-state index contributed by atoms with van der Waals surface area (Å²) in [6.07, 6.45) is 3.80. The first-order valence-electron chi connectivity index (χ1n) is 9.50. The van der Waals surface area contributed by atoms with Gasteiger partial charge in [-0.2, -0.15) is 0 Å². The van der Waals surface area contributed by atoms with Crippen LogP contribution in [-0.2, 0) is 6.42 Å². The maximum Gasteiger partial charge on any atom is 0.280 e. The minimum atomic E-state index is -0.364. The number of nitrogens with one attached hydrogen (secondary N) is 1. The van der Waals surface area contributed by atoms with E-state index in [0.717, 1.165) is 25.1 Å². The summed E-state index contributed by atoms with van der Waals surface area (Å²) in [6.45, 7) is 3.67. The van der Waals surface area contributed by atoms with Crippen LogP contribution in [0.25, 0.3) is 6.08 Å². The molecule has 0 amide bonds. The van der Waals surface area contributed by atoms with Crippen molar-refractivity contribution in [1.29, 1.82) is 0 Å². The summed E-state index contributed by atoms with van der Waals surface area (Å²) in [7, 11) is 3.58. The summed E-state index contributed by atoms with van der Waals surface area (Å²) in [5, 5.41) is 15.2. The monoisotopic (exact) mass is 381 g/mol. The van der Waals surface area contributed by atoms with Crippen molar-refractivity contribution in [2.24, 2.45) is 0 Å². The normalized spacial score (nSPS) is 21.0. The molecule has 1 heterocycles. The van der Waals surface area contributed by atoms with Gasteiger partial charge < -0.3 is 15.0 Å². The molecule has 3 rings (SSSR count). The minimum absolute atomic E-state index is 0.0276.